The number of benzene rings is 1. The van der Waals surface area contributed by atoms with Crippen molar-refractivity contribution in [2.75, 3.05) is 19.6 Å². The standard InChI is InChI=1S/C19H24FN3O3S/c1-13-19(14(2)26-21-13)12-22-9-15-6-7-17(11-22)23(10-15)27(24,25)18-5-3-4-16(20)8-18/h3-5,8,15,17H,6-7,9-12H2,1-2H3. The number of hydrogen-bond acceptors (Lipinski definition) is 5. The van der Waals surface area contributed by atoms with Crippen LogP contribution in [0.1, 0.15) is 29.9 Å². The summed E-state index contributed by atoms with van der Waals surface area (Å²) in [6, 6.07) is 5.19. The van der Waals surface area contributed by atoms with Gasteiger partial charge in [-0.05, 0) is 50.8 Å². The third-order valence-electron chi connectivity index (χ3n) is 5.70. The van der Waals surface area contributed by atoms with Crippen LogP contribution in [0.2, 0.25) is 0 Å². The fourth-order valence-electron chi connectivity index (χ4n) is 4.27. The number of rotatable bonds is 4. The lowest BCUT2D eigenvalue weighted by Crippen LogP contribution is -2.47. The second kappa shape index (κ2) is 7.00. The zero-order valence-corrected chi connectivity index (χ0v) is 16.4. The van der Waals surface area contributed by atoms with E-state index in [0.29, 0.717) is 19.6 Å². The molecule has 2 atom stereocenters. The Kier molecular flexibility index (Phi) is 4.82. The van der Waals surface area contributed by atoms with Gasteiger partial charge in [0, 0.05) is 37.8 Å². The third kappa shape index (κ3) is 3.53. The van der Waals surface area contributed by atoms with Crippen molar-refractivity contribution in [1.29, 1.82) is 0 Å². The van der Waals surface area contributed by atoms with Gasteiger partial charge in [0.2, 0.25) is 10.0 Å². The molecular weight excluding hydrogens is 369 g/mol. The Bertz CT molecular complexity index is 924. The number of piperidine rings is 1. The molecule has 0 saturated carbocycles. The van der Waals surface area contributed by atoms with Crippen LogP contribution >= 0.6 is 0 Å². The number of halogens is 1. The van der Waals surface area contributed by atoms with Crippen LogP contribution in [0.5, 0.6) is 0 Å². The number of aryl methyl sites for hydroxylation is 2. The van der Waals surface area contributed by atoms with Crippen LogP contribution < -0.4 is 0 Å². The van der Waals surface area contributed by atoms with E-state index in [1.54, 1.807) is 4.31 Å². The van der Waals surface area contributed by atoms with Crippen molar-refractivity contribution in [3.63, 3.8) is 0 Å². The molecule has 1 aromatic carbocycles. The van der Waals surface area contributed by atoms with Crippen LogP contribution in [0.4, 0.5) is 4.39 Å². The highest BCUT2D eigenvalue weighted by molar-refractivity contribution is 7.89. The average molecular weight is 393 g/mol. The zero-order chi connectivity index (χ0) is 19.2. The first-order valence-corrected chi connectivity index (χ1v) is 10.7. The van der Waals surface area contributed by atoms with Gasteiger partial charge in [-0.25, -0.2) is 12.8 Å². The maximum Gasteiger partial charge on any atom is 0.243 e. The summed E-state index contributed by atoms with van der Waals surface area (Å²) in [4.78, 5) is 2.34. The van der Waals surface area contributed by atoms with Crippen molar-refractivity contribution in [2.24, 2.45) is 5.92 Å². The number of aromatic nitrogens is 1. The van der Waals surface area contributed by atoms with Crippen LogP contribution in [-0.2, 0) is 16.6 Å². The monoisotopic (exact) mass is 393 g/mol. The Morgan fingerprint density at radius 3 is 2.74 bits per heavy atom. The quantitative estimate of drug-likeness (QED) is 0.799. The SMILES string of the molecule is Cc1noc(C)c1CN1CC2CCC(C1)N(S(=O)(=O)c1cccc(F)c1)C2. The van der Waals surface area contributed by atoms with Gasteiger partial charge in [-0.2, -0.15) is 4.31 Å². The Morgan fingerprint density at radius 1 is 1.22 bits per heavy atom. The van der Waals surface area contributed by atoms with Crippen molar-refractivity contribution in [1.82, 2.24) is 14.4 Å². The first kappa shape index (κ1) is 18.6. The normalized spacial score (nSPS) is 24.3. The molecule has 3 saturated heterocycles. The second-order valence-corrected chi connectivity index (χ2v) is 9.52. The second-order valence-electron chi connectivity index (χ2n) is 7.63. The number of nitrogens with zero attached hydrogens (tertiary/aromatic N) is 3. The molecule has 0 amide bonds. The average Bonchev–Trinajstić information content (AvgIpc) is 2.82. The summed E-state index contributed by atoms with van der Waals surface area (Å²) in [6.45, 7) is 6.54. The molecule has 1 aromatic heterocycles. The maximum absolute atomic E-state index is 13.6. The molecule has 0 aliphatic carbocycles. The molecule has 146 valence electrons. The summed E-state index contributed by atoms with van der Waals surface area (Å²) in [5.74, 6) is 0.553. The van der Waals surface area contributed by atoms with E-state index in [1.165, 1.54) is 18.2 Å². The van der Waals surface area contributed by atoms with Crippen molar-refractivity contribution < 1.29 is 17.3 Å². The van der Waals surface area contributed by atoms with Crippen LogP contribution in [0.25, 0.3) is 0 Å². The molecule has 2 bridgehead atoms. The molecule has 3 aliphatic rings. The minimum Gasteiger partial charge on any atom is -0.361 e. The van der Waals surface area contributed by atoms with Crippen LogP contribution in [0, 0.1) is 25.6 Å². The van der Waals surface area contributed by atoms with Gasteiger partial charge < -0.3 is 4.52 Å². The summed E-state index contributed by atoms with van der Waals surface area (Å²) >= 11 is 0. The highest BCUT2D eigenvalue weighted by Gasteiger charge is 2.41. The largest absolute Gasteiger partial charge is 0.361 e. The lowest BCUT2D eigenvalue weighted by Gasteiger charge is -2.35. The van der Waals surface area contributed by atoms with E-state index in [0.717, 1.165) is 42.5 Å². The predicted molar refractivity (Wildman–Crippen MR) is 98.1 cm³/mol. The van der Waals surface area contributed by atoms with E-state index in [4.69, 9.17) is 4.52 Å². The Balaban J connectivity index is 1.58. The van der Waals surface area contributed by atoms with Crippen molar-refractivity contribution in [3.05, 3.63) is 47.1 Å². The molecule has 0 N–H and O–H groups in total. The van der Waals surface area contributed by atoms with E-state index < -0.39 is 15.8 Å². The molecular formula is C19H24FN3O3S. The smallest absolute Gasteiger partial charge is 0.243 e. The summed E-state index contributed by atoms with van der Waals surface area (Å²) in [5.41, 5.74) is 1.96. The molecule has 27 heavy (non-hydrogen) atoms. The van der Waals surface area contributed by atoms with Gasteiger partial charge in [-0.1, -0.05) is 11.2 Å². The summed E-state index contributed by atoms with van der Waals surface area (Å²) in [7, 11) is -3.70. The lowest BCUT2D eigenvalue weighted by atomic mass is 9.97. The van der Waals surface area contributed by atoms with Crippen molar-refractivity contribution >= 4 is 10.0 Å². The maximum atomic E-state index is 13.6. The van der Waals surface area contributed by atoms with Gasteiger partial charge in [-0.15, -0.1) is 0 Å². The first-order valence-electron chi connectivity index (χ1n) is 9.26. The van der Waals surface area contributed by atoms with Gasteiger partial charge >= 0.3 is 0 Å². The number of hydrogen-bond donors (Lipinski definition) is 0. The fourth-order valence-corrected chi connectivity index (χ4v) is 6.03. The van der Waals surface area contributed by atoms with E-state index in [1.807, 2.05) is 13.8 Å². The third-order valence-corrected chi connectivity index (χ3v) is 7.62. The highest BCUT2D eigenvalue weighted by atomic mass is 32.2. The van der Waals surface area contributed by atoms with Gasteiger partial charge in [0.05, 0.1) is 10.6 Å². The van der Waals surface area contributed by atoms with E-state index in [9.17, 15) is 12.8 Å². The van der Waals surface area contributed by atoms with Crippen molar-refractivity contribution in [3.8, 4) is 0 Å². The lowest BCUT2D eigenvalue weighted by molar-refractivity contribution is 0.225. The zero-order valence-electron chi connectivity index (χ0n) is 15.6. The molecule has 6 nitrogen and oxygen atoms in total. The molecule has 3 aliphatic heterocycles. The topological polar surface area (TPSA) is 66.7 Å². The van der Waals surface area contributed by atoms with E-state index >= 15 is 0 Å². The van der Waals surface area contributed by atoms with Gasteiger partial charge in [0.1, 0.15) is 11.6 Å². The van der Waals surface area contributed by atoms with Crippen LogP contribution in [0.3, 0.4) is 0 Å². The minimum atomic E-state index is -3.70. The number of fused-ring (bicyclic) bond motifs is 4. The van der Waals surface area contributed by atoms with Gasteiger partial charge in [-0.3, -0.25) is 4.90 Å². The molecule has 4 heterocycles. The summed E-state index contributed by atoms with van der Waals surface area (Å²) in [5, 5.41) is 4.02. The molecule has 0 spiro atoms. The van der Waals surface area contributed by atoms with Gasteiger partial charge in [0.25, 0.3) is 0 Å². The Labute approximate surface area is 159 Å². The molecule has 8 heteroatoms. The minimum absolute atomic E-state index is 0.0346. The Morgan fingerprint density at radius 2 is 2.04 bits per heavy atom. The summed E-state index contributed by atoms with van der Waals surface area (Å²) < 4.78 is 46.7. The first-order chi connectivity index (χ1) is 12.8. The van der Waals surface area contributed by atoms with Crippen LogP contribution in [0.15, 0.2) is 33.7 Å². The predicted octanol–water partition coefficient (Wildman–Crippen LogP) is 2.72. The highest BCUT2D eigenvalue weighted by Crippen LogP contribution is 2.33. The van der Waals surface area contributed by atoms with Crippen LogP contribution in [-0.4, -0.2) is 48.5 Å². The van der Waals surface area contributed by atoms with E-state index in [-0.39, 0.29) is 16.9 Å². The molecule has 3 fully saturated rings. The summed E-state index contributed by atoms with van der Waals surface area (Å²) in [6.07, 6.45) is 1.84. The molecule has 5 rings (SSSR count). The number of sulfonamides is 1. The van der Waals surface area contributed by atoms with E-state index in [2.05, 4.69) is 10.1 Å². The molecule has 2 aromatic rings. The molecule has 0 radical (unpaired) electrons. The Hall–Kier alpha value is -1.77. The fraction of sp³-hybridized carbons (Fsp3) is 0.526. The molecule has 2 unspecified atom stereocenters. The van der Waals surface area contributed by atoms with Crippen molar-refractivity contribution in [2.45, 2.75) is 44.2 Å². The van der Waals surface area contributed by atoms with Gasteiger partial charge in [0.15, 0.2) is 0 Å².